The summed E-state index contributed by atoms with van der Waals surface area (Å²) < 4.78 is 10.3. The Morgan fingerprint density at radius 2 is 1.85 bits per heavy atom. The maximum atomic E-state index is 12.7. The molecule has 1 amide bonds. The fourth-order valence-electron chi connectivity index (χ4n) is 2.31. The van der Waals surface area contributed by atoms with Gasteiger partial charge in [-0.2, -0.15) is 0 Å². The predicted molar refractivity (Wildman–Crippen MR) is 81.5 cm³/mol. The van der Waals surface area contributed by atoms with Crippen LogP contribution < -0.4 is 5.73 Å². The quantitative estimate of drug-likeness (QED) is 0.698. The summed E-state index contributed by atoms with van der Waals surface area (Å²) in [5, 5.41) is 0. The molecule has 2 atom stereocenters. The molecule has 0 aliphatic heterocycles. The minimum atomic E-state index is -0.147. The van der Waals surface area contributed by atoms with E-state index < -0.39 is 0 Å². The SMILES string of the molecule is COCCN(C(=O)C(CN)CC(C)(C)C)C(C)COC. The average Bonchev–Trinajstić information content (AvgIpc) is 2.35. The van der Waals surface area contributed by atoms with E-state index in [0.29, 0.717) is 26.3 Å². The van der Waals surface area contributed by atoms with Gasteiger partial charge in [0.1, 0.15) is 0 Å². The van der Waals surface area contributed by atoms with Gasteiger partial charge in [0.2, 0.25) is 5.91 Å². The summed E-state index contributed by atoms with van der Waals surface area (Å²) in [4.78, 5) is 14.5. The summed E-state index contributed by atoms with van der Waals surface area (Å²) in [6.07, 6.45) is 0.783. The lowest BCUT2D eigenvalue weighted by Crippen LogP contribution is -2.48. The van der Waals surface area contributed by atoms with Crippen LogP contribution in [0, 0.1) is 11.3 Å². The van der Waals surface area contributed by atoms with E-state index >= 15 is 0 Å². The zero-order valence-corrected chi connectivity index (χ0v) is 13.9. The van der Waals surface area contributed by atoms with Gasteiger partial charge in [-0.3, -0.25) is 4.79 Å². The van der Waals surface area contributed by atoms with Gasteiger partial charge < -0.3 is 20.1 Å². The van der Waals surface area contributed by atoms with Crippen molar-refractivity contribution in [3.8, 4) is 0 Å². The van der Waals surface area contributed by atoms with Crippen molar-refractivity contribution in [3.05, 3.63) is 0 Å². The van der Waals surface area contributed by atoms with Crippen LogP contribution in [0.1, 0.15) is 34.1 Å². The molecule has 0 aromatic rings. The molecule has 0 rings (SSSR count). The monoisotopic (exact) mass is 288 g/mol. The number of hydrogen-bond acceptors (Lipinski definition) is 4. The van der Waals surface area contributed by atoms with Gasteiger partial charge in [-0.25, -0.2) is 0 Å². The van der Waals surface area contributed by atoms with Crippen LogP contribution in [-0.4, -0.2) is 57.4 Å². The number of nitrogens with zero attached hydrogens (tertiary/aromatic N) is 1. The van der Waals surface area contributed by atoms with Crippen molar-refractivity contribution >= 4 is 5.91 Å². The summed E-state index contributed by atoms with van der Waals surface area (Å²) in [7, 11) is 3.28. The number of ether oxygens (including phenoxy) is 2. The Kier molecular flexibility index (Phi) is 9.01. The van der Waals surface area contributed by atoms with Crippen LogP contribution in [0.15, 0.2) is 0 Å². The molecule has 0 aliphatic rings. The first-order chi connectivity index (χ1) is 9.26. The minimum Gasteiger partial charge on any atom is -0.383 e. The lowest BCUT2D eigenvalue weighted by atomic mass is 9.84. The summed E-state index contributed by atoms with van der Waals surface area (Å²) in [5.41, 5.74) is 5.89. The first kappa shape index (κ1) is 19.4. The lowest BCUT2D eigenvalue weighted by Gasteiger charge is -2.33. The molecule has 5 nitrogen and oxygen atoms in total. The molecule has 2 N–H and O–H groups in total. The first-order valence-electron chi connectivity index (χ1n) is 7.25. The average molecular weight is 288 g/mol. The van der Waals surface area contributed by atoms with Gasteiger partial charge in [0.25, 0.3) is 0 Å². The van der Waals surface area contributed by atoms with Crippen molar-refractivity contribution < 1.29 is 14.3 Å². The van der Waals surface area contributed by atoms with E-state index in [1.807, 2.05) is 11.8 Å². The van der Waals surface area contributed by atoms with Crippen LogP contribution in [0.5, 0.6) is 0 Å². The highest BCUT2D eigenvalue weighted by Crippen LogP contribution is 2.25. The molecule has 0 radical (unpaired) electrons. The van der Waals surface area contributed by atoms with E-state index in [1.165, 1.54) is 0 Å². The molecule has 0 saturated carbocycles. The van der Waals surface area contributed by atoms with Crippen LogP contribution in [0.2, 0.25) is 0 Å². The summed E-state index contributed by atoms with van der Waals surface area (Å²) in [6.45, 7) is 10.3. The molecule has 0 bridgehead atoms. The number of carbonyl (C=O) groups excluding carboxylic acids is 1. The lowest BCUT2D eigenvalue weighted by molar-refractivity contribution is -0.140. The first-order valence-corrected chi connectivity index (χ1v) is 7.25. The second-order valence-corrected chi connectivity index (χ2v) is 6.53. The van der Waals surface area contributed by atoms with E-state index in [4.69, 9.17) is 15.2 Å². The number of nitrogens with two attached hydrogens (primary N) is 1. The van der Waals surface area contributed by atoms with Gasteiger partial charge in [0.05, 0.1) is 25.2 Å². The van der Waals surface area contributed by atoms with Crippen molar-refractivity contribution in [2.75, 3.05) is 40.5 Å². The molecule has 0 spiro atoms. The van der Waals surface area contributed by atoms with Crippen molar-refractivity contribution in [2.24, 2.45) is 17.1 Å². The van der Waals surface area contributed by atoms with Crippen molar-refractivity contribution in [1.29, 1.82) is 0 Å². The third-order valence-electron chi connectivity index (χ3n) is 3.25. The number of hydrogen-bond donors (Lipinski definition) is 1. The number of rotatable bonds is 9. The molecule has 0 aromatic heterocycles. The van der Waals surface area contributed by atoms with Crippen LogP contribution in [0.25, 0.3) is 0 Å². The second kappa shape index (κ2) is 9.32. The molecular formula is C15H32N2O3. The minimum absolute atomic E-state index is 0.0247. The molecule has 0 aliphatic carbocycles. The van der Waals surface area contributed by atoms with E-state index in [1.54, 1.807) is 14.2 Å². The van der Waals surface area contributed by atoms with Crippen molar-refractivity contribution in [3.63, 3.8) is 0 Å². The molecule has 20 heavy (non-hydrogen) atoms. The van der Waals surface area contributed by atoms with E-state index in [0.717, 1.165) is 6.42 Å². The van der Waals surface area contributed by atoms with E-state index in [-0.39, 0.29) is 23.3 Å². The molecule has 2 unspecified atom stereocenters. The normalized spacial score (nSPS) is 14.9. The van der Waals surface area contributed by atoms with Gasteiger partial charge in [0.15, 0.2) is 0 Å². The fraction of sp³-hybridized carbons (Fsp3) is 0.933. The maximum Gasteiger partial charge on any atom is 0.227 e. The largest absolute Gasteiger partial charge is 0.383 e. The molecule has 0 aromatic carbocycles. The van der Waals surface area contributed by atoms with Crippen LogP contribution in [0.4, 0.5) is 0 Å². The Hall–Kier alpha value is -0.650. The molecular weight excluding hydrogens is 256 g/mol. The maximum absolute atomic E-state index is 12.7. The smallest absolute Gasteiger partial charge is 0.227 e. The zero-order chi connectivity index (χ0) is 15.8. The Morgan fingerprint density at radius 3 is 2.25 bits per heavy atom. The molecule has 0 heterocycles. The van der Waals surface area contributed by atoms with Crippen molar-refractivity contribution in [1.82, 2.24) is 4.90 Å². The number of methoxy groups -OCH3 is 2. The number of carbonyl (C=O) groups is 1. The van der Waals surface area contributed by atoms with E-state index in [9.17, 15) is 4.79 Å². The van der Waals surface area contributed by atoms with Gasteiger partial charge >= 0.3 is 0 Å². The zero-order valence-electron chi connectivity index (χ0n) is 13.9. The van der Waals surface area contributed by atoms with Gasteiger partial charge in [0, 0.05) is 27.3 Å². The van der Waals surface area contributed by atoms with Gasteiger partial charge in [-0.15, -0.1) is 0 Å². The van der Waals surface area contributed by atoms with Crippen LogP contribution in [0.3, 0.4) is 0 Å². The third-order valence-corrected chi connectivity index (χ3v) is 3.25. The van der Waals surface area contributed by atoms with Gasteiger partial charge in [-0.1, -0.05) is 20.8 Å². The molecule has 120 valence electrons. The highest BCUT2D eigenvalue weighted by atomic mass is 16.5. The van der Waals surface area contributed by atoms with Crippen LogP contribution >= 0.6 is 0 Å². The Balaban J connectivity index is 4.88. The Bertz CT molecular complexity index is 277. The van der Waals surface area contributed by atoms with Crippen molar-refractivity contribution in [2.45, 2.75) is 40.2 Å². The second-order valence-electron chi connectivity index (χ2n) is 6.53. The molecule has 5 heteroatoms. The predicted octanol–water partition coefficient (Wildman–Crippen LogP) is 1.51. The highest BCUT2D eigenvalue weighted by molar-refractivity contribution is 5.79. The summed E-state index contributed by atoms with van der Waals surface area (Å²) in [5.74, 6) is -0.0461. The molecule has 0 saturated heterocycles. The summed E-state index contributed by atoms with van der Waals surface area (Å²) >= 11 is 0. The summed E-state index contributed by atoms with van der Waals surface area (Å²) in [6, 6.07) is 0.0247. The van der Waals surface area contributed by atoms with Crippen LogP contribution in [-0.2, 0) is 14.3 Å². The van der Waals surface area contributed by atoms with E-state index in [2.05, 4.69) is 20.8 Å². The number of amides is 1. The van der Waals surface area contributed by atoms with Gasteiger partial charge in [-0.05, 0) is 18.8 Å². The Labute approximate surface area is 123 Å². The standard InChI is InChI=1S/C15H32N2O3/c1-12(11-20-6)17(7-8-19-5)14(18)13(10-16)9-15(2,3)4/h12-13H,7-11,16H2,1-6H3. The third kappa shape index (κ3) is 7.22. The highest BCUT2D eigenvalue weighted by Gasteiger charge is 2.29. The molecule has 0 fully saturated rings. The Morgan fingerprint density at radius 1 is 1.25 bits per heavy atom. The topological polar surface area (TPSA) is 64.8 Å². The fourth-order valence-corrected chi connectivity index (χ4v) is 2.31.